The van der Waals surface area contributed by atoms with Gasteiger partial charge in [-0.15, -0.1) is 0 Å². The Morgan fingerprint density at radius 2 is 2.12 bits per heavy atom. The van der Waals surface area contributed by atoms with Gasteiger partial charge in [0.2, 0.25) is 0 Å². The van der Waals surface area contributed by atoms with E-state index in [1.165, 1.54) is 19.3 Å². The summed E-state index contributed by atoms with van der Waals surface area (Å²) < 4.78 is 1.94. The van der Waals surface area contributed by atoms with E-state index >= 15 is 0 Å². The van der Waals surface area contributed by atoms with E-state index in [2.05, 4.69) is 10.4 Å². The van der Waals surface area contributed by atoms with Crippen molar-refractivity contribution in [2.24, 2.45) is 0 Å². The molecular weight excluding hydrogens is 214 g/mol. The fourth-order valence-electron chi connectivity index (χ4n) is 2.51. The minimum Gasteiger partial charge on any atom is -0.389 e. The average molecular weight is 237 g/mol. The molecule has 96 valence electrons. The van der Waals surface area contributed by atoms with Crippen molar-refractivity contribution >= 4 is 0 Å². The Balaban J connectivity index is 1.56. The Labute approximate surface area is 103 Å². The lowest BCUT2D eigenvalue weighted by atomic mass is 9.85. The van der Waals surface area contributed by atoms with Gasteiger partial charge in [-0.3, -0.25) is 4.68 Å². The second-order valence-corrected chi connectivity index (χ2v) is 5.08. The smallest absolute Gasteiger partial charge is 0.0771 e. The zero-order valence-corrected chi connectivity index (χ0v) is 10.4. The van der Waals surface area contributed by atoms with Crippen molar-refractivity contribution in [3.63, 3.8) is 0 Å². The number of aryl methyl sites for hydroxylation is 1. The van der Waals surface area contributed by atoms with Gasteiger partial charge in [-0.1, -0.05) is 19.3 Å². The summed E-state index contributed by atoms with van der Waals surface area (Å²) in [6.45, 7) is 2.63. The molecule has 0 radical (unpaired) electrons. The van der Waals surface area contributed by atoms with E-state index in [1.54, 1.807) is 6.20 Å². The van der Waals surface area contributed by atoms with Crippen LogP contribution < -0.4 is 5.32 Å². The molecule has 0 unspecified atom stereocenters. The van der Waals surface area contributed by atoms with Gasteiger partial charge in [0.15, 0.2) is 0 Å². The van der Waals surface area contributed by atoms with Crippen LogP contribution >= 0.6 is 0 Å². The van der Waals surface area contributed by atoms with E-state index in [1.807, 2.05) is 16.9 Å². The maximum Gasteiger partial charge on any atom is 0.0771 e. The van der Waals surface area contributed by atoms with Crippen LogP contribution in [0.1, 0.15) is 38.5 Å². The van der Waals surface area contributed by atoms with Crippen LogP contribution in [0.15, 0.2) is 18.5 Å². The highest BCUT2D eigenvalue weighted by Crippen LogP contribution is 2.27. The monoisotopic (exact) mass is 237 g/mol. The summed E-state index contributed by atoms with van der Waals surface area (Å²) >= 11 is 0. The molecule has 1 aromatic heterocycles. The number of aliphatic hydroxyl groups is 1. The molecule has 17 heavy (non-hydrogen) atoms. The lowest BCUT2D eigenvalue weighted by Gasteiger charge is -2.32. The number of rotatable bonds is 6. The lowest BCUT2D eigenvalue weighted by molar-refractivity contribution is 0.00501. The van der Waals surface area contributed by atoms with Crippen LogP contribution in [0.25, 0.3) is 0 Å². The molecule has 1 aromatic rings. The number of aromatic nitrogens is 2. The fourth-order valence-corrected chi connectivity index (χ4v) is 2.51. The van der Waals surface area contributed by atoms with Gasteiger partial charge in [0.05, 0.1) is 5.60 Å². The first-order valence-electron chi connectivity index (χ1n) is 6.69. The van der Waals surface area contributed by atoms with Crippen LogP contribution in [0.2, 0.25) is 0 Å². The summed E-state index contributed by atoms with van der Waals surface area (Å²) in [7, 11) is 0. The molecule has 0 spiro atoms. The first-order chi connectivity index (χ1) is 8.29. The lowest BCUT2D eigenvalue weighted by Crippen LogP contribution is -2.42. The Kier molecular flexibility index (Phi) is 4.57. The third kappa shape index (κ3) is 4.13. The van der Waals surface area contributed by atoms with Crippen LogP contribution in [0, 0.1) is 0 Å². The van der Waals surface area contributed by atoms with E-state index in [0.717, 1.165) is 38.9 Å². The van der Waals surface area contributed by atoms with Crippen LogP contribution in [-0.2, 0) is 6.54 Å². The molecule has 1 aliphatic carbocycles. The predicted octanol–water partition coefficient (Wildman–Crippen LogP) is 1.56. The topological polar surface area (TPSA) is 50.1 Å². The first kappa shape index (κ1) is 12.6. The highest BCUT2D eigenvalue weighted by atomic mass is 16.3. The van der Waals surface area contributed by atoms with Crippen molar-refractivity contribution in [2.75, 3.05) is 13.1 Å². The highest BCUT2D eigenvalue weighted by Gasteiger charge is 2.28. The van der Waals surface area contributed by atoms with Gasteiger partial charge in [-0.2, -0.15) is 5.10 Å². The molecule has 0 bridgehead atoms. The number of nitrogens with one attached hydrogen (secondary N) is 1. The fraction of sp³-hybridized carbons (Fsp3) is 0.769. The van der Waals surface area contributed by atoms with Gasteiger partial charge in [0.1, 0.15) is 0 Å². The van der Waals surface area contributed by atoms with Crippen molar-refractivity contribution in [3.8, 4) is 0 Å². The Bertz CT molecular complexity index is 304. The molecule has 2 N–H and O–H groups in total. The molecular formula is C13H23N3O. The third-order valence-corrected chi connectivity index (χ3v) is 3.54. The summed E-state index contributed by atoms with van der Waals surface area (Å²) in [5, 5.41) is 17.8. The van der Waals surface area contributed by atoms with Gasteiger partial charge in [-0.05, 0) is 31.9 Å². The minimum absolute atomic E-state index is 0.441. The largest absolute Gasteiger partial charge is 0.389 e. The van der Waals surface area contributed by atoms with Crippen LogP contribution in [-0.4, -0.2) is 33.6 Å². The van der Waals surface area contributed by atoms with Gasteiger partial charge < -0.3 is 10.4 Å². The maximum atomic E-state index is 10.3. The van der Waals surface area contributed by atoms with Crippen LogP contribution in [0.3, 0.4) is 0 Å². The van der Waals surface area contributed by atoms with Crippen LogP contribution in [0.4, 0.5) is 0 Å². The summed E-state index contributed by atoms with van der Waals surface area (Å²) in [4.78, 5) is 0. The molecule has 0 atom stereocenters. The number of nitrogens with zero attached hydrogens (tertiary/aromatic N) is 2. The molecule has 4 nitrogen and oxygen atoms in total. The SMILES string of the molecule is OC1(CNCCCn2cccn2)CCCCC1. The summed E-state index contributed by atoms with van der Waals surface area (Å²) in [5.41, 5.74) is -0.441. The molecule has 0 aromatic carbocycles. The second kappa shape index (κ2) is 6.17. The molecule has 0 aliphatic heterocycles. The minimum atomic E-state index is -0.441. The standard InChI is InChI=1S/C13H23N3O/c17-13(6-2-1-3-7-13)12-14-8-4-10-16-11-5-9-15-16/h5,9,11,14,17H,1-4,6-8,10,12H2. The van der Waals surface area contributed by atoms with Crippen molar-refractivity contribution in [2.45, 2.75) is 50.7 Å². The van der Waals surface area contributed by atoms with Crippen molar-refractivity contribution in [1.82, 2.24) is 15.1 Å². The zero-order valence-electron chi connectivity index (χ0n) is 10.4. The number of hydrogen-bond acceptors (Lipinski definition) is 3. The molecule has 1 aliphatic rings. The van der Waals surface area contributed by atoms with E-state index in [9.17, 15) is 5.11 Å². The Hall–Kier alpha value is -0.870. The highest BCUT2D eigenvalue weighted by molar-refractivity contribution is 4.84. The number of hydrogen-bond donors (Lipinski definition) is 2. The Morgan fingerprint density at radius 1 is 1.29 bits per heavy atom. The molecule has 0 amide bonds. The normalized spacial score (nSPS) is 19.4. The third-order valence-electron chi connectivity index (χ3n) is 3.54. The molecule has 0 saturated heterocycles. The van der Waals surface area contributed by atoms with Crippen LogP contribution in [0.5, 0.6) is 0 Å². The summed E-state index contributed by atoms with van der Waals surface area (Å²) in [6.07, 6.45) is 10.4. The predicted molar refractivity (Wildman–Crippen MR) is 67.7 cm³/mol. The van der Waals surface area contributed by atoms with Gasteiger partial charge in [0.25, 0.3) is 0 Å². The zero-order chi connectivity index (χ0) is 12.0. The molecule has 1 fully saturated rings. The summed E-state index contributed by atoms with van der Waals surface area (Å²) in [5.74, 6) is 0. The maximum absolute atomic E-state index is 10.3. The molecule has 1 saturated carbocycles. The van der Waals surface area contributed by atoms with Gasteiger partial charge in [-0.25, -0.2) is 0 Å². The molecule has 4 heteroatoms. The molecule has 1 heterocycles. The van der Waals surface area contributed by atoms with Crippen molar-refractivity contribution < 1.29 is 5.11 Å². The van der Waals surface area contributed by atoms with E-state index in [-0.39, 0.29) is 0 Å². The van der Waals surface area contributed by atoms with E-state index < -0.39 is 5.60 Å². The average Bonchev–Trinajstić information content (AvgIpc) is 2.82. The van der Waals surface area contributed by atoms with E-state index in [0.29, 0.717) is 0 Å². The first-order valence-corrected chi connectivity index (χ1v) is 6.69. The van der Waals surface area contributed by atoms with Crippen molar-refractivity contribution in [3.05, 3.63) is 18.5 Å². The van der Waals surface area contributed by atoms with Gasteiger partial charge in [0, 0.05) is 25.5 Å². The van der Waals surface area contributed by atoms with E-state index in [4.69, 9.17) is 0 Å². The second-order valence-electron chi connectivity index (χ2n) is 5.08. The molecule has 2 rings (SSSR count). The van der Waals surface area contributed by atoms with Gasteiger partial charge >= 0.3 is 0 Å². The van der Waals surface area contributed by atoms with Crippen molar-refractivity contribution in [1.29, 1.82) is 0 Å². The Morgan fingerprint density at radius 3 is 2.82 bits per heavy atom. The quantitative estimate of drug-likeness (QED) is 0.738. The summed E-state index contributed by atoms with van der Waals surface area (Å²) in [6, 6.07) is 1.94.